The number of aryl methyl sites for hydroxylation is 1. The Morgan fingerprint density at radius 1 is 0.739 bits per heavy atom. The van der Waals surface area contributed by atoms with E-state index >= 15 is 0 Å². The summed E-state index contributed by atoms with van der Waals surface area (Å²) in [5.41, 5.74) is 3.54. The summed E-state index contributed by atoms with van der Waals surface area (Å²) >= 11 is 0. The van der Waals surface area contributed by atoms with Crippen molar-refractivity contribution >= 4 is 21.8 Å². The standard InChI is InChI=1S/C37H40FN3O4S/c38-33-18-13-32(14-19-33)28-41(36(42)22-17-30-15-20-34(21-16-30)46(44,45)40-25-7-8-26-40)35(27-31-11-5-2-6-12-31)37(43)39-24-23-29-9-3-1-4-10-29/h1-6,9-16,18-21,35H,7-8,17,22-28H2,(H,39,43). The first-order valence-corrected chi connectivity index (χ1v) is 17.2. The first-order chi connectivity index (χ1) is 22.3. The van der Waals surface area contributed by atoms with Crippen molar-refractivity contribution < 1.29 is 22.4 Å². The van der Waals surface area contributed by atoms with Crippen molar-refractivity contribution in [1.82, 2.24) is 14.5 Å². The van der Waals surface area contributed by atoms with Crippen LogP contribution in [-0.4, -0.2) is 55.1 Å². The molecule has 1 N–H and O–H groups in total. The number of sulfonamides is 1. The van der Waals surface area contributed by atoms with Gasteiger partial charge >= 0.3 is 0 Å². The molecule has 7 nitrogen and oxygen atoms in total. The van der Waals surface area contributed by atoms with Crippen LogP contribution in [0.1, 0.15) is 41.5 Å². The molecule has 240 valence electrons. The Bertz CT molecular complexity index is 1680. The quantitative estimate of drug-likeness (QED) is 0.196. The van der Waals surface area contributed by atoms with Crippen LogP contribution < -0.4 is 5.32 Å². The van der Waals surface area contributed by atoms with Gasteiger partial charge in [-0.2, -0.15) is 4.31 Å². The van der Waals surface area contributed by atoms with E-state index in [1.807, 2.05) is 60.7 Å². The van der Waals surface area contributed by atoms with Gasteiger partial charge < -0.3 is 10.2 Å². The molecule has 1 aliphatic rings. The van der Waals surface area contributed by atoms with Crippen LogP contribution in [0.15, 0.2) is 114 Å². The van der Waals surface area contributed by atoms with Gasteiger partial charge in [0.05, 0.1) is 4.90 Å². The van der Waals surface area contributed by atoms with Gasteiger partial charge in [-0.3, -0.25) is 9.59 Å². The van der Waals surface area contributed by atoms with Crippen molar-refractivity contribution in [3.63, 3.8) is 0 Å². The molecule has 0 bridgehead atoms. The number of carbonyl (C=O) groups is 2. The van der Waals surface area contributed by atoms with Gasteiger partial charge in [-0.05, 0) is 72.2 Å². The average Bonchev–Trinajstić information content (AvgIpc) is 3.64. The van der Waals surface area contributed by atoms with Crippen LogP contribution >= 0.6 is 0 Å². The van der Waals surface area contributed by atoms with Crippen molar-refractivity contribution in [3.8, 4) is 0 Å². The van der Waals surface area contributed by atoms with Gasteiger partial charge in [-0.15, -0.1) is 0 Å². The predicted octanol–water partition coefficient (Wildman–Crippen LogP) is 5.54. The van der Waals surface area contributed by atoms with Gasteiger partial charge in [0.1, 0.15) is 11.9 Å². The maximum atomic E-state index is 14.0. The Balaban J connectivity index is 1.34. The molecule has 5 rings (SSSR count). The number of carbonyl (C=O) groups excluding carboxylic acids is 2. The second kappa shape index (κ2) is 15.8. The molecule has 0 spiro atoms. The van der Waals surface area contributed by atoms with E-state index in [0.717, 1.165) is 29.5 Å². The summed E-state index contributed by atoms with van der Waals surface area (Å²) in [5, 5.41) is 3.05. The molecular formula is C37H40FN3O4S. The number of halogens is 1. The van der Waals surface area contributed by atoms with E-state index in [1.165, 1.54) is 16.4 Å². The number of amides is 2. The van der Waals surface area contributed by atoms with Crippen LogP contribution in [0.4, 0.5) is 4.39 Å². The third-order valence-corrected chi connectivity index (χ3v) is 10.3. The van der Waals surface area contributed by atoms with Crippen LogP contribution in [0.5, 0.6) is 0 Å². The van der Waals surface area contributed by atoms with E-state index in [9.17, 15) is 22.4 Å². The van der Waals surface area contributed by atoms with Crippen molar-refractivity contribution in [2.75, 3.05) is 19.6 Å². The normalized spacial score (nSPS) is 14.1. The molecule has 0 aliphatic carbocycles. The maximum absolute atomic E-state index is 14.0. The van der Waals surface area contributed by atoms with Gasteiger partial charge in [0, 0.05) is 39.0 Å². The van der Waals surface area contributed by atoms with Crippen LogP contribution in [0.3, 0.4) is 0 Å². The summed E-state index contributed by atoms with van der Waals surface area (Å²) in [7, 11) is -3.53. The number of hydrogen-bond donors (Lipinski definition) is 1. The molecule has 46 heavy (non-hydrogen) atoms. The Morgan fingerprint density at radius 3 is 1.93 bits per heavy atom. The fraction of sp³-hybridized carbons (Fsp3) is 0.297. The largest absolute Gasteiger partial charge is 0.354 e. The highest BCUT2D eigenvalue weighted by Crippen LogP contribution is 2.22. The lowest BCUT2D eigenvalue weighted by Gasteiger charge is -2.32. The van der Waals surface area contributed by atoms with Gasteiger partial charge in [0.25, 0.3) is 0 Å². The molecule has 1 unspecified atom stereocenters. The topological polar surface area (TPSA) is 86.8 Å². The number of nitrogens with zero attached hydrogens (tertiary/aromatic N) is 2. The Labute approximate surface area is 271 Å². The monoisotopic (exact) mass is 641 g/mol. The first kappa shape index (κ1) is 33.0. The molecule has 0 radical (unpaired) electrons. The molecule has 1 fully saturated rings. The second-order valence-corrected chi connectivity index (χ2v) is 13.6. The van der Waals surface area contributed by atoms with Gasteiger partial charge in [-0.25, -0.2) is 12.8 Å². The zero-order valence-corrected chi connectivity index (χ0v) is 26.7. The minimum absolute atomic E-state index is 0.113. The summed E-state index contributed by atoms with van der Waals surface area (Å²) < 4.78 is 41.1. The summed E-state index contributed by atoms with van der Waals surface area (Å²) in [5.74, 6) is -0.861. The Hall–Kier alpha value is -4.34. The minimum Gasteiger partial charge on any atom is -0.354 e. The predicted molar refractivity (Wildman–Crippen MR) is 177 cm³/mol. The average molecular weight is 642 g/mol. The molecule has 1 saturated heterocycles. The molecule has 0 aromatic heterocycles. The maximum Gasteiger partial charge on any atom is 0.243 e. The fourth-order valence-corrected chi connectivity index (χ4v) is 7.25. The van der Waals surface area contributed by atoms with Crippen LogP contribution in [0, 0.1) is 5.82 Å². The lowest BCUT2D eigenvalue weighted by Crippen LogP contribution is -2.50. The third kappa shape index (κ3) is 8.89. The lowest BCUT2D eigenvalue weighted by atomic mass is 10.0. The van der Waals surface area contributed by atoms with E-state index in [4.69, 9.17) is 0 Å². The van der Waals surface area contributed by atoms with Crippen molar-refractivity contribution in [3.05, 3.63) is 137 Å². The first-order valence-electron chi connectivity index (χ1n) is 15.8. The van der Waals surface area contributed by atoms with Gasteiger partial charge in [-0.1, -0.05) is 84.9 Å². The van der Waals surface area contributed by atoms with E-state index < -0.39 is 16.1 Å². The zero-order chi connectivity index (χ0) is 32.4. The van der Waals surface area contributed by atoms with Gasteiger partial charge in [0.2, 0.25) is 21.8 Å². The highest BCUT2D eigenvalue weighted by atomic mass is 32.2. The lowest BCUT2D eigenvalue weighted by molar-refractivity contribution is -0.141. The molecule has 1 heterocycles. The van der Waals surface area contributed by atoms with Crippen LogP contribution in [0.25, 0.3) is 0 Å². The molecule has 1 aliphatic heterocycles. The number of rotatable bonds is 14. The molecule has 2 amide bonds. The van der Waals surface area contributed by atoms with Crippen molar-refractivity contribution in [1.29, 1.82) is 0 Å². The highest BCUT2D eigenvalue weighted by molar-refractivity contribution is 7.89. The molecular weight excluding hydrogens is 601 g/mol. The molecule has 9 heteroatoms. The van der Waals surface area contributed by atoms with Gasteiger partial charge in [0.15, 0.2) is 0 Å². The molecule has 4 aromatic rings. The van der Waals surface area contributed by atoms with Crippen molar-refractivity contribution in [2.45, 2.75) is 56.0 Å². The Kier molecular flexibility index (Phi) is 11.3. The third-order valence-electron chi connectivity index (χ3n) is 8.35. The van der Waals surface area contributed by atoms with E-state index in [-0.39, 0.29) is 35.5 Å². The van der Waals surface area contributed by atoms with Crippen LogP contribution in [0.2, 0.25) is 0 Å². The molecule has 1 atom stereocenters. The second-order valence-electron chi connectivity index (χ2n) is 11.6. The van der Waals surface area contributed by atoms with Crippen molar-refractivity contribution in [2.24, 2.45) is 0 Å². The number of benzene rings is 4. The molecule has 4 aromatic carbocycles. The summed E-state index contributed by atoms with van der Waals surface area (Å²) in [6, 6.07) is 31.3. The summed E-state index contributed by atoms with van der Waals surface area (Å²) in [4.78, 5) is 29.6. The summed E-state index contributed by atoms with van der Waals surface area (Å²) in [6.07, 6.45) is 3.18. The van der Waals surface area contributed by atoms with E-state index in [2.05, 4.69) is 5.32 Å². The highest BCUT2D eigenvalue weighted by Gasteiger charge is 2.30. The number of hydrogen-bond acceptors (Lipinski definition) is 4. The summed E-state index contributed by atoms with van der Waals surface area (Å²) in [6.45, 7) is 1.62. The smallest absolute Gasteiger partial charge is 0.243 e. The molecule has 0 saturated carbocycles. The Morgan fingerprint density at radius 2 is 1.30 bits per heavy atom. The van der Waals surface area contributed by atoms with E-state index in [1.54, 1.807) is 41.3 Å². The zero-order valence-electron chi connectivity index (χ0n) is 25.9. The SMILES string of the molecule is O=C(NCCc1ccccc1)C(Cc1ccccc1)N(Cc1ccc(F)cc1)C(=O)CCc1ccc(S(=O)(=O)N2CCCC2)cc1. The van der Waals surface area contributed by atoms with E-state index in [0.29, 0.717) is 44.5 Å². The fourth-order valence-electron chi connectivity index (χ4n) is 5.73. The minimum atomic E-state index is -3.53. The number of nitrogens with one attached hydrogen (secondary N) is 1. The van der Waals surface area contributed by atoms with Crippen LogP contribution in [-0.2, 0) is 45.4 Å².